The molecule has 0 heterocycles. The van der Waals surface area contributed by atoms with Crippen molar-refractivity contribution in [1.29, 1.82) is 0 Å². The summed E-state index contributed by atoms with van der Waals surface area (Å²) >= 11 is 0. The summed E-state index contributed by atoms with van der Waals surface area (Å²) in [5, 5.41) is 0. The van der Waals surface area contributed by atoms with Crippen LogP contribution >= 0.6 is 0 Å². The molecule has 0 aromatic carbocycles. The average Bonchev–Trinajstić information content (AvgIpc) is 2.44. The maximum Gasteiger partial charge on any atom is 0.0250 e. The monoisotopic (exact) mass is 277 g/mol. The summed E-state index contributed by atoms with van der Waals surface area (Å²) in [5.41, 5.74) is 7.94. The minimum Gasteiger partial charge on any atom is -0.324 e. The fourth-order valence-electron chi connectivity index (χ4n) is 3.99. The third-order valence-electron chi connectivity index (χ3n) is 5.48. The number of nitrogens with two attached hydrogens (primary N) is 1. The summed E-state index contributed by atoms with van der Waals surface area (Å²) in [6.07, 6.45) is 13.3. The van der Waals surface area contributed by atoms with Gasteiger partial charge in [0.15, 0.2) is 0 Å². The SMILES string of the molecule is C=C(CCC)C(N)CCC1CCC=CC1(CC)C(C)C. The quantitative estimate of drug-likeness (QED) is 0.585. The molecule has 0 amide bonds. The Morgan fingerprint density at radius 2 is 2.10 bits per heavy atom. The van der Waals surface area contributed by atoms with Crippen LogP contribution in [0, 0.1) is 17.3 Å². The lowest BCUT2D eigenvalue weighted by Gasteiger charge is -2.44. The van der Waals surface area contributed by atoms with E-state index in [1.54, 1.807) is 0 Å². The van der Waals surface area contributed by atoms with Crippen molar-refractivity contribution in [3.63, 3.8) is 0 Å². The molecule has 0 aliphatic heterocycles. The summed E-state index contributed by atoms with van der Waals surface area (Å²) in [6.45, 7) is 13.5. The Hall–Kier alpha value is -0.560. The van der Waals surface area contributed by atoms with Crippen molar-refractivity contribution in [3.05, 3.63) is 24.3 Å². The minimum absolute atomic E-state index is 0.197. The van der Waals surface area contributed by atoms with Crippen LogP contribution in [0.2, 0.25) is 0 Å². The van der Waals surface area contributed by atoms with Crippen LogP contribution in [0.25, 0.3) is 0 Å². The number of allylic oxidation sites excluding steroid dienone is 2. The molecule has 1 nitrogen and oxygen atoms in total. The lowest BCUT2D eigenvalue weighted by Crippen LogP contribution is -2.36. The third kappa shape index (κ3) is 3.97. The number of hydrogen-bond acceptors (Lipinski definition) is 1. The van der Waals surface area contributed by atoms with Crippen LogP contribution in [0.5, 0.6) is 0 Å². The molecule has 0 radical (unpaired) electrons. The maximum absolute atomic E-state index is 6.31. The summed E-state index contributed by atoms with van der Waals surface area (Å²) in [5.74, 6) is 1.50. The Morgan fingerprint density at radius 1 is 1.40 bits per heavy atom. The number of rotatable bonds is 8. The molecule has 3 unspecified atom stereocenters. The molecule has 0 aromatic heterocycles. The zero-order chi connectivity index (χ0) is 15.2. The van der Waals surface area contributed by atoms with Gasteiger partial charge in [-0.3, -0.25) is 0 Å². The largest absolute Gasteiger partial charge is 0.324 e. The molecule has 1 aliphatic rings. The standard InChI is InChI=1S/C19H35N/c1-6-10-16(5)18(20)13-12-17-11-8-9-14-19(17,7-2)15(3)4/h9,14-15,17-18H,5-8,10-13,20H2,1-4H3. The first-order valence-electron chi connectivity index (χ1n) is 8.58. The van der Waals surface area contributed by atoms with E-state index in [0.29, 0.717) is 11.3 Å². The zero-order valence-electron chi connectivity index (χ0n) is 14.1. The lowest BCUT2D eigenvalue weighted by atomic mass is 9.61. The average molecular weight is 277 g/mol. The highest BCUT2D eigenvalue weighted by Crippen LogP contribution is 2.47. The zero-order valence-corrected chi connectivity index (χ0v) is 14.1. The number of hydrogen-bond donors (Lipinski definition) is 1. The Balaban J connectivity index is 2.65. The molecule has 0 aromatic rings. The van der Waals surface area contributed by atoms with Crippen molar-refractivity contribution >= 4 is 0 Å². The Bertz CT molecular complexity index is 329. The van der Waals surface area contributed by atoms with Gasteiger partial charge in [0, 0.05) is 6.04 Å². The lowest BCUT2D eigenvalue weighted by molar-refractivity contribution is 0.116. The smallest absolute Gasteiger partial charge is 0.0250 e. The molecule has 1 aliphatic carbocycles. The highest BCUT2D eigenvalue weighted by molar-refractivity contribution is 5.09. The van der Waals surface area contributed by atoms with Crippen molar-refractivity contribution in [2.75, 3.05) is 0 Å². The van der Waals surface area contributed by atoms with E-state index in [9.17, 15) is 0 Å². The van der Waals surface area contributed by atoms with Gasteiger partial charge in [0.25, 0.3) is 0 Å². The first-order chi connectivity index (χ1) is 9.47. The molecular formula is C19H35N. The van der Waals surface area contributed by atoms with Gasteiger partial charge >= 0.3 is 0 Å². The highest BCUT2D eigenvalue weighted by Gasteiger charge is 2.38. The first kappa shape index (κ1) is 17.5. The first-order valence-corrected chi connectivity index (χ1v) is 8.58. The molecule has 1 heteroatoms. The van der Waals surface area contributed by atoms with Crippen LogP contribution in [-0.2, 0) is 0 Å². The van der Waals surface area contributed by atoms with Gasteiger partial charge in [0.2, 0.25) is 0 Å². The Kier molecular flexibility index (Phi) is 7.02. The van der Waals surface area contributed by atoms with Gasteiger partial charge in [-0.1, -0.05) is 58.4 Å². The van der Waals surface area contributed by atoms with Gasteiger partial charge < -0.3 is 5.73 Å². The second-order valence-electron chi connectivity index (χ2n) is 6.89. The molecular weight excluding hydrogens is 242 g/mol. The highest BCUT2D eigenvalue weighted by atomic mass is 14.6. The van der Waals surface area contributed by atoms with Crippen LogP contribution < -0.4 is 5.73 Å². The predicted molar refractivity (Wildman–Crippen MR) is 90.7 cm³/mol. The molecule has 0 bridgehead atoms. The van der Waals surface area contributed by atoms with Gasteiger partial charge in [-0.2, -0.15) is 0 Å². The van der Waals surface area contributed by atoms with E-state index in [1.165, 1.54) is 31.3 Å². The van der Waals surface area contributed by atoms with E-state index in [2.05, 4.69) is 46.4 Å². The Morgan fingerprint density at radius 3 is 2.65 bits per heavy atom. The van der Waals surface area contributed by atoms with Crippen LogP contribution in [-0.4, -0.2) is 6.04 Å². The van der Waals surface area contributed by atoms with Crippen molar-refractivity contribution in [1.82, 2.24) is 0 Å². The van der Waals surface area contributed by atoms with E-state index in [0.717, 1.165) is 25.2 Å². The second-order valence-corrected chi connectivity index (χ2v) is 6.89. The molecule has 0 fully saturated rings. The minimum atomic E-state index is 0.197. The van der Waals surface area contributed by atoms with E-state index in [4.69, 9.17) is 5.73 Å². The predicted octanol–water partition coefficient (Wildman–Crippen LogP) is 5.47. The van der Waals surface area contributed by atoms with Gasteiger partial charge in [0.1, 0.15) is 0 Å². The van der Waals surface area contributed by atoms with Crippen LogP contribution in [0.4, 0.5) is 0 Å². The van der Waals surface area contributed by atoms with E-state index in [1.807, 2.05) is 0 Å². The van der Waals surface area contributed by atoms with Crippen molar-refractivity contribution < 1.29 is 0 Å². The molecule has 2 N–H and O–H groups in total. The molecule has 20 heavy (non-hydrogen) atoms. The normalized spacial score (nSPS) is 27.8. The summed E-state index contributed by atoms with van der Waals surface area (Å²) in [6, 6.07) is 0.197. The maximum atomic E-state index is 6.31. The van der Waals surface area contributed by atoms with Crippen molar-refractivity contribution in [2.45, 2.75) is 78.7 Å². The van der Waals surface area contributed by atoms with E-state index < -0.39 is 0 Å². The summed E-state index contributed by atoms with van der Waals surface area (Å²) < 4.78 is 0. The van der Waals surface area contributed by atoms with Crippen LogP contribution in [0.15, 0.2) is 24.3 Å². The summed E-state index contributed by atoms with van der Waals surface area (Å²) in [7, 11) is 0. The van der Waals surface area contributed by atoms with Gasteiger partial charge in [-0.25, -0.2) is 0 Å². The molecule has 3 atom stereocenters. The van der Waals surface area contributed by atoms with E-state index in [-0.39, 0.29) is 6.04 Å². The second kappa shape index (κ2) is 8.02. The van der Waals surface area contributed by atoms with Gasteiger partial charge in [-0.05, 0) is 55.8 Å². The third-order valence-corrected chi connectivity index (χ3v) is 5.48. The van der Waals surface area contributed by atoms with Crippen molar-refractivity contribution in [2.24, 2.45) is 23.0 Å². The molecule has 0 spiro atoms. The fraction of sp³-hybridized carbons (Fsp3) is 0.789. The fourth-order valence-corrected chi connectivity index (χ4v) is 3.99. The molecule has 116 valence electrons. The van der Waals surface area contributed by atoms with Crippen molar-refractivity contribution in [3.8, 4) is 0 Å². The Labute approximate surface area is 126 Å². The summed E-state index contributed by atoms with van der Waals surface area (Å²) in [4.78, 5) is 0. The van der Waals surface area contributed by atoms with Gasteiger partial charge in [0.05, 0.1) is 0 Å². The van der Waals surface area contributed by atoms with Crippen LogP contribution in [0.1, 0.15) is 72.6 Å². The van der Waals surface area contributed by atoms with Crippen LogP contribution in [0.3, 0.4) is 0 Å². The molecule has 0 saturated carbocycles. The molecule has 1 rings (SSSR count). The topological polar surface area (TPSA) is 26.0 Å². The van der Waals surface area contributed by atoms with Gasteiger partial charge in [-0.15, -0.1) is 0 Å². The molecule has 0 saturated heterocycles. The van der Waals surface area contributed by atoms with E-state index >= 15 is 0 Å².